The second-order valence-electron chi connectivity index (χ2n) is 7.66. The summed E-state index contributed by atoms with van der Waals surface area (Å²) in [7, 11) is 0. The van der Waals surface area contributed by atoms with E-state index in [1.54, 1.807) is 26.0 Å². The summed E-state index contributed by atoms with van der Waals surface area (Å²) in [6.07, 6.45) is 3.66. The summed E-state index contributed by atoms with van der Waals surface area (Å²) < 4.78 is 20.3. The fourth-order valence-electron chi connectivity index (χ4n) is 3.48. The molecule has 7 nitrogen and oxygen atoms in total. The molecule has 0 aliphatic carbocycles. The Balaban J connectivity index is 1.67. The van der Waals surface area contributed by atoms with Crippen LogP contribution in [-0.2, 0) is 16.1 Å². The molecular weight excluding hydrogens is 471 g/mol. The minimum absolute atomic E-state index is 0.0334. The average molecular weight is 492 g/mol. The number of rotatable bonds is 5. The van der Waals surface area contributed by atoms with Crippen molar-refractivity contribution >= 4 is 40.2 Å². The molecule has 0 aliphatic rings. The maximum atomic E-state index is 15.1. The van der Waals surface area contributed by atoms with E-state index in [2.05, 4.69) is 21.5 Å². The van der Waals surface area contributed by atoms with Gasteiger partial charge in [-0.15, -0.1) is 0 Å². The molecule has 4 aromatic rings. The first-order valence-electron chi connectivity index (χ1n) is 10.8. The zero-order valence-electron chi connectivity index (χ0n) is 19.0. The first-order valence-corrected chi connectivity index (χ1v) is 11.2. The molecule has 0 aliphatic heterocycles. The second-order valence-corrected chi connectivity index (χ2v) is 8.04. The molecule has 0 saturated heterocycles. The van der Waals surface area contributed by atoms with E-state index in [0.29, 0.717) is 21.9 Å². The predicted molar refractivity (Wildman–Crippen MR) is 131 cm³/mol. The summed E-state index contributed by atoms with van der Waals surface area (Å²) in [6, 6.07) is 15.2. The van der Waals surface area contributed by atoms with E-state index in [-0.39, 0.29) is 29.4 Å². The van der Waals surface area contributed by atoms with E-state index in [1.807, 2.05) is 30.3 Å². The molecule has 0 atom stereocenters. The second kappa shape index (κ2) is 10.5. The van der Waals surface area contributed by atoms with Crippen LogP contribution in [0.4, 0.5) is 15.0 Å². The molecule has 2 heterocycles. The molecule has 0 spiro atoms. The maximum absolute atomic E-state index is 15.1. The third kappa shape index (κ3) is 5.22. The summed E-state index contributed by atoms with van der Waals surface area (Å²) in [6.45, 7) is 3.48. The molecule has 4 rings (SSSR count). The Morgan fingerprint density at radius 2 is 1.94 bits per heavy atom. The lowest BCUT2D eigenvalue weighted by Crippen LogP contribution is -2.47. The van der Waals surface area contributed by atoms with Gasteiger partial charge in [0.25, 0.3) is 0 Å². The number of carbonyl (C=O) groups excluding carboxylic acids is 2. The lowest BCUT2D eigenvalue weighted by atomic mass is 9.99. The van der Waals surface area contributed by atoms with E-state index >= 15 is 4.39 Å². The number of halogens is 2. The van der Waals surface area contributed by atoms with E-state index in [1.165, 1.54) is 18.6 Å². The molecule has 2 aromatic carbocycles. The summed E-state index contributed by atoms with van der Waals surface area (Å²) in [5, 5.41) is 1.78. The Bertz CT molecular complexity index is 1400. The van der Waals surface area contributed by atoms with Crippen molar-refractivity contribution in [1.82, 2.24) is 15.4 Å². The van der Waals surface area contributed by atoms with Gasteiger partial charge in [0.2, 0.25) is 5.91 Å². The number of hydrogen-bond acceptors (Lipinski definition) is 5. The number of pyridine rings is 2. The van der Waals surface area contributed by atoms with Gasteiger partial charge in [-0.2, -0.15) is 5.01 Å². The Labute approximate surface area is 206 Å². The number of anilines is 1. The molecular formula is C26H21ClFN4O3. The fourth-order valence-corrected chi connectivity index (χ4v) is 3.74. The monoisotopic (exact) mass is 491 g/mol. The highest BCUT2D eigenvalue weighted by Crippen LogP contribution is 2.36. The van der Waals surface area contributed by atoms with Gasteiger partial charge in [-0.3, -0.25) is 9.78 Å². The molecule has 0 fully saturated rings. The number of aromatic nitrogens is 2. The number of ether oxygens (including phenoxy) is 1. The van der Waals surface area contributed by atoms with Crippen LogP contribution in [0.25, 0.3) is 21.9 Å². The van der Waals surface area contributed by atoms with Crippen molar-refractivity contribution in [2.75, 3.05) is 5.01 Å². The van der Waals surface area contributed by atoms with E-state index in [4.69, 9.17) is 16.3 Å². The van der Waals surface area contributed by atoms with Crippen molar-refractivity contribution in [2.24, 2.45) is 0 Å². The number of aryl methyl sites for hydroxylation is 1. The molecule has 35 heavy (non-hydrogen) atoms. The van der Waals surface area contributed by atoms with Gasteiger partial charge in [0.15, 0.2) is 5.82 Å². The van der Waals surface area contributed by atoms with Gasteiger partial charge in [0, 0.05) is 47.6 Å². The van der Waals surface area contributed by atoms with Crippen LogP contribution >= 0.6 is 11.6 Å². The number of hydrazine groups is 1. The minimum Gasteiger partial charge on any atom is -0.443 e. The van der Waals surface area contributed by atoms with Gasteiger partial charge in [0.1, 0.15) is 12.4 Å². The normalized spacial score (nSPS) is 10.7. The van der Waals surface area contributed by atoms with Crippen molar-refractivity contribution in [1.29, 1.82) is 0 Å². The van der Waals surface area contributed by atoms with Crippen molar-refractivity contribution in [2.45, 2.75) is 26.9 Å². The zero-order valence-corrected chi connectivity index (χ0v) is 19.8. The van der Waals surface area contributed by atoms with Crippen molar-refractivity contribution in [3.05, 3.63) is 89.1 Å². The summed E-state index contributed by atoms with van der Waals surface area (Å²) in [5.41, 5.74) is 4.72. The molecule has 0 saturated carbocycles. The maximum Gasteiger partial charge on any atom is 0.426 e. The van der Waals surface area contributed by atoms with Gasteiger partial charge >= 0.3 is 6.09 Å². The molecule has 0 bridgehead atoms. The lowest BCUT2D eigenvalue weighted by molar-refractivity contribution is -0.119. The zero-order chi connectivity index (χ0) is 24.9. The first-order chi connectivity index (χ1) is 16.9. The van der Waals surface area contributed by atoms with Gasteiger partial charge in [-0.1, -0.05) is 48.9 Å². The number of nitrogens with one attached hydrogen (secondary N) is 1. The number of carbonyl (C=O) groups is 2. The first kappa shape index (κ1) is 24.1. The van der Waals surface area contributed by atoms with Crippen LogP contribution < -0.4 is 10.4 Å². The van der Waals surface area contributed by atoms with E-state index in [0.717, 1.165) is 10.6 Å². The van der Waals surface area contributed by atoms with Crippen LogP contribution in [0.3, 0.4) is 0 Å². The number of amides is 2. The highest BCUT2D eigenvalue weighted by atomic mass is 35.5. The van der Waals surface area contributed by atoms with Crippen LogP contribution in [0.5, 0.6) is 0 Å². The Morgan fingerprint density at radius 1 is 1.17 bits per heavy atom. The lowest BCUT2D eigenvalue weighted by Gasteiger charge is -2.22. The Kier molecular flexibility index (Phi) is 7.22. The van der Waals surface area contributed by atoms with Gasteiger partial charge in [0.05, 0.1) is 5.02 Å². The molecule has 177 valence electrons. The van der Waals surface area contributed by atoms with Crippen molar-refractivity contribution in [3.8, 4) is 11.1 Å². The van der Waals surface area contributed by atoms with E-state index in [9.17, 15) is 9.59 Å². The molecule has 1 radical (unpaired) electrons. The summed E-state index contributed by atoms with van der Waals surface area (Å²) in [5.74, 6) is -0.897. The topological polar surface area (TPSA) is 84.4 Å². The highest BCUT2D eigenvalue weighted by molar-refractivity contribution is 6.36. The summed E-state index contributed by atoms with van der Waals surface area (Å²) >= 11 is 6.32. The fraction of sp³-hybridized carbons (Fsp3) is 0.154. The largest absolute Gasteiger partial charge is 0.443 e. The minimum atomic E-state index is -0.822. The van der Waals surface area contributed by atoms with Crippen molar-refractivity contribution in [3.63, 3.8) is 0 Å². The third-order valence-electron chi connectivity index (χ3n) is 5.34. The predicted octanol–water partition coefficient (Wildman–Crippen LogP) is 5.78. The molecule has 9 heteroatoms. The van der Waals surface area contributed by atoms with Crippen LogP contribution in [0.15, 0.2) is 61.1 Å². The van der Waals surface area contributed by atoms with E-state index < -0.39 is 17.8 Å². The number of fused-ring (bicyclic) bond motifs is 1. The van der Waals surface area contributed by atoms with Crippen molar-refractivity contribution < 1.29 is 18.7 Å². The number of benzene rings is 2. The van der Waals surface area contributed by atoms with Crippen LogP contribution in [0.1, 0.15) is 24.5 Å². The Morgan fingerprint density at radius 3 is 2.66 bits per heavy atom. The van der Waals surface area contributed by atoms with Gasteiger partial charge < -0.3 is 4.74 Å². The Hall–Kier alpha value is -4.04. The standard InChI is InChI=1S/C26H21ClFN4O3/c1-3-23(33)32(31-26(34)35-15-17-7-5-4-6-8-17)22-12-18-11-19(20-13-29-10-9-16(20)2)25(28)24(27)21(18)14-30-22/h4-8,10-14H,3,15H2,1-2H3,(H,31,34). The van der Waals surface area contributed by atoms with Gasteiger partial charge in [-0.25, -0.2) is 19.6 Å². The molecule has 2 aromatic heterocycles. The van der Waals surface area contributed by atoms with Crippen LogP contribution in [0.2, 0.25) is 5.02 Å². The molecule has 0 unspecified atom stereocenters. The SMILES string of the molecule is CCC(=O)N(NC(=O)OCc1ccccc1)c1cc2cc(-c3cnc[c]c3C)c(F)c(Cl)c2cn1. The number of hydrogen-bond donors (Lipinski definition) is 1. The van der Waals surface area contributed by atoms with Crippen LogP contribution in [-0.4, -0.2) is 22.0 Å². The van der Waals surface area contributed by atoms with Crippen LogP contribution in [0, 0.1) is 18.8 Å². The van der Waals surface area contributed by atoms with Gasteiger partial charge in [-0.05, 0) is 35.6 Å². The third-order valence-corrected chi connectivity index (χ3v) is 5.71. The summed E-state index contributed by atoms with van der Waals surface area (Å²) in [4.78, 5) is 33.3. The molecule has 2 amide bonds. The smallest absolute Gasteiger partial charge is 0.426 e. The average Bonchev–Trinajstić information content (AvgIpc) is 2.88. The quantitative estimate of drug-likeness (QED) is 0.357. The number of nitrogens with zero attached hydrogens (tertiary/aromatic N) is 3. The molecule has 1 N–H and O–H groups in total. The highest BCUT2D eigenvalue weighted by Gasteiger charge is 2.21.